The highest BCUT2D eigenvalue weighted by Gasteiger charge is 2.29. The Morgan fingerprint density at radius 3 is 1.50 bits per heavy atom. The van der Waals surface area contributed by atoms with Gasteiger partial charge in [0.1, 0.15) is 10.5 Å². The van der Waals surface area contributed by atoms with E-state index in [4.69, 9.17) is 4.43 Å². The lowest BCUT2D eigenvalue weighted by Crippen LogP contribution is -2.41. The molecule has 0 amide bonds. The van der Waals surface area contributed by atoms with E-state index in [1.165, 1.54) is 96.3 Å². The zero-order valence-corrected chi connectivity index (χ0v) is 22.8. The summed E-state index contributed by atoms with van der Waals surface area (Å²) < 4.78 is 5.81. The van der Waals surface area contributed by atoms with Crippen LogP contribution >= 0.6 is 0 Å². The zero-order chi connectivity index (χ0) is 21.2. The Labute approximate surface area is 182 Å². The Morgan fingerprint density at radius 2 is 1.14 bits per heavy atom. The molecule has 0 bridgehead atoms. The van der Waals surface area contributed by atoms with Crippen LogP contribution in [-0.2, 0) is 4.43 Å². The van der Waals surface area contributed by atoms with E-state index in [1.807, 2.05) is 0 Å². The Kier molecular flexibility index (Phi) is 19.2. The molecule has 4 unspecified atom stereocenters. The number of hydrogen-bond donors (Lipinski definition) is 0. The topological polar surface area (TPSA) is 12.5 Å². The fraction of sp³-hybridized carbons (Fsp3) is 1.00. The van der Waals surface area contributed by atoms with Gasteiger partial charge in [0, 0.05) is 12.1 Å². The normalized spacial score (nSPS) is 16.4. The minimum absolute atomic E-state index is 0.410. The molecule has 0 fully saturated rings. The molecule has 0 aromatic heterocycles. The zero-order valence-electron chi connectivity index (χ0n) is 20.8. The number of rotatable bonds is 20. The molecular weight excluding hydrogens is 358 g/mol. The van der Waals surface area contributed by atoms with Crippen molar-refractivity contribution in [1.29, 1.82) is 0 Å². The summed E-state index contributed by atoms with van der Waals surface area (Å²) in [4.78, 5) is 2.45. The van der Waals surface area contributed by atoms with Crippen LogP contribution in [0.2, 0.25) is 0 Å². The van der Waals surface area contributed by atoms with E-state index in [0.717, 1.165) is 16.4 Å². The molecule has 0 rings (SSSR count). The van der Waals surface area contributed by atoms with Crippen LogP contribution in [0.5, 0.6) is 0 Å². The third-order valence-corrected chi connectivity index (χ3v) is 7.75. The first-order valence-corrected chi connectivity index (χ1v) is 13.5. The van der Waals surface area contributed by atoms with Crippen molar-refractivity contribution in [2.45, 2.75) is 136 Å². The van der Waals surface area contributed by atoms with Crippen LogP contribution in [0, 0.1) is 11.8 Å². The van der Waals surface area contributed by atoms with Gasteiger partial charge in [0.05, 0.1) is 0 Å². The molecule has 0 aromatic carbocycles. The molecule has 0 aromatic rings. The van der Waals surface area contributed by atoms with Crippen LogP contribution in [0.15, 0.2) is 0 Å². The van der Waals surface area contributed by atoms with E-state index in [0.29, 0.717) is 18.1 Å². The lowest BCUT2D eigenvalue weighted by molar-refractivity contribution is 0.0720. The summed E-state index contributed by atoms with van der Waals surface area (Å²) in [6.45, 7) is 9.34. The molecule has 0 saturated carbocycles. The van der Waals surface area contributed by atoms with E-state index >= 15 is 0 Å². The van der Waals surface area contributed by atoms with Crippen molar-refractivity contribution in [2.24, 2.45) is 11.8 Å². The van der Waals surface area contributed by atoms with Gasteiger partial charge >= 0.3 is 0 Å². The molecular formula is C25H55NOSi. The van der Waals surface area contributed by atoms with Crippen LogP contribution in [0.3, 0.4) is 0 Å². The Morgan fingerprint density at radius 1 is 0.714 bits per heavy atom. The Bertz CT molecular complexity index is 324. The van der Waals surface area contributed by atoms with Crippen molar-refractivity contribution in [2.75, 3.05) is 14.1 Å². The van der Waals surface area contributed by atoms with Gasteiger partial charge in [-0.25, -0.2) is 0 Å². The standard InChI is InChI=1S/C25H55NOSi/c1-7-9-10-11-12-13-14-15-16-17-18-19-20-21-24(22(3)23(4)27-28)25(8-2)26(5)6/h22-25H,7-21H2,1-6,28H3. The van der Waals surface area contributed by atoms with Gasteiger partial charge in [-0.3, -0.25) is 0 Å². The molecule has 4 atom stereocenters. The van der Waals surface area contributed by atoms with Gasteiger partial charge in [-0.15, -0.1) is 0 Å². The van der Waals surface area contributed by atoms with Crippen LogP contribution in [0.4, 0.5) is 0 Å². The SMILES string of the molecule is CCCCCCCCCCCCCCCC(C(C)C(C)O[SiH3])C(CC)N(C)C. The molecule has 0 heterocycles. The largest absolute Gasteiger partial charge is 0.425 e. The number of nitrogens with zero attached hydrogens (tertiary/aromatic N) is 1. The van der Waals surface area contributed by atoms with Gasteiger partial charge < -0.3 is 9.33 Å². The quantitative estimate of drug-likeness (QED) is 0.162. The molecule has 0 aliphatic rings. The maximum Gasteiger partial charge on any atom is 0.146 e. The van der Waals surface area contributed by atoms with Crippen LogP contribution in [-0.4, -0.2) is 41.6 Å². The fourth-order valence-corrected chi connectivity index (χ4v) is 5.25. The minimum atomic E-state index is 0.410. The van der Waals surface area contributed by atoms with Gasteiger partial charge in [0.25, 0.3) is 0 Å². The van der Waals surface area contributed by atoms with Crippen molar-refractivity contribution in [3.05, 3.63) is 0 Å². The first-order valence-electron chi connectivity index (χ1n) is 12.7. The molecule has 0 aliphatic heterocycles. The fourth-order valence-electron chi connectivity index (χ4n) is 4.82. The van der Waals surface area contributed by atoms with Crippen molar-refractivity contribution in [3.63, 3.8) is 0 Å². The van der Waals surface area contributed by atoms with Gasteiger partial charge in [-0.05, 0) is 45.7 Å². The average molecular weight is 414 g/mol. The van der Waals surface area contributed by atoms with Crippen molar-refractivity contribution < 1.29 is 4.43 Å². The van der Waals surface area contributed by atoms with Gasteiger partial charge in [-0.1, -0.05) is 104 Å². The number of hydrogen-bond acceptors (Lipinski definition) is 2. The molecule has 0 radical (unpaired) electrons. The van der Waals surface area contributed by atoms with Crippen LogP contribution in [0.25, 0.3) is 0 Å². The van der Waals surface area contributed by atoms with E-state index in [-0.39, 0.29) is 0 Å². The third-order valence-electron chi connectivity index (χ3n) is 7.00. The van der Waals surface area contributed by atoms with E-state index in [9.17, 15) is 0 Å². The first kappa shape index (κ1) is 28.1. The van der Waals surface area contributed by atoms with Gasteiger partial charge in [0.2, 0.25) is 0 Å². The van der Waals surface area contributed by atoms with E-state index in [1.54, 1.807) is 0 Å². The molecule has 170 valence electrons. The lowest BCUT2D eigenvalue weighted by atomic mass is 9.79. The molecule has 28 heavy (non-hydrogen) atoms. The predicted molar refractivity (Wildman–Crippen MR) is 131 cm³/mol. The van der Waals surface area contributed by atoms with Crippen molar-refractivity contribution in [3.8, 4) is 0 Å². The molecule has 0 spiro atoms. The van der Waals surface area contributed by atoms with Gasteiger partial charge in [-0.2, -0.15) is 0 Å². The highest BCUT2D eigenvalue weighted by molar-refractivity contribution is 5.98. The highest BCUT2D eigenvalue weighted by Crippen LogP contribution is 2.30. The molecule has 0 N–H and O–H groups in total. The number of unbranched alkanes of at least 4 members (excludes halogenated alkanes) is 12. The monoisotopic (exact) mass is 413 g/mol. The van der Waals surface area contributed by atoms with E-state index < -0.39 is 0 Å². The third kappa shape index (κ3) is 13.4. The maximum atomic E-state index is 5.81. The molecule has 2 nitrogen and oxygen atoms in total. The average Bonchev–Trinajstić information content (AvgIpc) is 2.69. The molecule has 0 aliphatic carbocycles. The van der Waals surface area contributed by atoms with Crippen molar-refractivity contribution >= 4 is 10.5 Å². The van der Waals surface area contributed by atoms with Gasteiger partial charge in [0.15, 0.2) is 0 Å². The highest BCUT2D eigenvalue weighted by atomic mass is 28.2. The molecule has 0 saturated heterocycles. The summed E-state index contributed by atoms with van der Waals surface area (Å²) in [5.74, 6) is 1.42. The molecule has 3 heteroatoms. The second-order valence-corrected chi connectivity index (χ2v) is 9.91. The lowest BCUT2D eigenvalue weighted by Gasteiger charge is -2.38. The first-order chi connectivity index (χ1) is 13.5. The Hall–Kier alpha value is 0.137. The minimum Gasteiger partial charge on any atom is -0.425 e. The summed E-state index contributed by atoms with van der Waals surface area (Å²) in [7, 11) is 5.36. The Balaban J connectivity index is 3.90. The van der Waals surface area contributed by atoms with Crippen molar-refractivity contribution in [1.82, 2.24) is 4.90 Å². The summed E-state index contributed by atoms with van der Waals surface area (Å²) in [6, 6.07) is 0.687. The predicted octanol–water partition coefficient (Wildman–Crippen LogP) is 6.75. The summed E-state index contributed by atoms with van der Waals surface area (Å²) in [5, 5.41) is 0. The maximum absolute atomic E-state index is 5.81. The smallest absolute Gasteiger partial charge is 0.146 e. The second kappa shape index (κ2) is 19.1. The van der Waals surface area contributed by atoms with Crippen LogP contribution < -0.4 is 0 Å². The summed E-state index contributed by atoms with van der Waals surface area (Å²) in [6.07, 6.45) is 21.7. The summed E-state index contributed by atoms with van der Waals surface area (Å²) in [5.41, 5.74) is 0. The second-order valence-electron chi connectivity index (χ2n) is 9.43. The van der Waals surface area contributed by atoms with E-state index in [2.05, 4.69) is 46.7 Å². The van der Waals surface area contributed by atoms with Crippen LogP contribution in [0.1, 0.15) is 124 Å². The summed E-state index contributed by atoms with van der Waals surface area (Å²) >= 11 is 0.